The van der Waals surface area contributed by atoms with Crippen LogP contribution in [-0.2, 0) is 0 Å². The molecule has 2 aromatic carbocycles. The Hall–Kier alpha value is -3.55. The molecule has 0 radical (unpaired) electrons. The standard InChI is InChI=1S/C19H19N5O3/c1-25-14-6-4-5-12(9-14)15-11-16(24-19(20-15)21-22-23-24)13-7-8-17(26-2)18(10-13)27-3/h4-11,16H,1-3H3,(H,20,21,23). The summed E-state index contributed by atoms with van der Waals surface area (Å²) in [4.78, 5) is 0. The van der Waals surface area contributed by atoms with Gasteiger partial charge in [0.1, 0.15) is 11.8 Å². The van der Waals surface area contributed by atoms with Crippen molar-refractivity contribution in [1.29, 1.82) is 0 Å². The van der Waals surface area contributed by atoms with E-state index in [-0.39, 0.29) is 6.04 Å². The zero-order valence-electron chi connectivity index (χ0n) is 15.2. The van der Waals surface area contributed by atoms with Gasteiger partial charge in [-0.1, -0.05) is 23.3 Å². The van der Waals surface area contributed by atoms with E-state index < -0.39 is 0 Å². The van der Waals surface area contributed by atoms with Crippen molar-refractivity contribution in [3.63, 3.8) is 0 Å². The van der Waals surface area contributed by atoms with Gasteiger partial charge in [0.25, 0.3) is 0 Å². The Kier molecular flexibility index (Phi) is 4.37. The molecule has 27 heavy (non-hydrogen) atoms. The second-order valence-corrected chi connectivity index (χ2v) is 5.94. The number of anilines is 1. The zero-order valence-corrected chi connectivity index (χ0v) is 15.2. The number of nitrogens with zero attached hydrogens (tertiary/aromatic N) is 4. The third-order valence-corrected chi connectivity index (χ3v) is 4.46. The van der Waals surface area contributed by atoms with Gasteiger partial charge in [-0.2, -0.15) is 4.68 Å². The summed E-state index contributed by atoms with van der Waals surface area (Å²) in [5.74, 6) is 2.67. The molecule has 8 heteroatoms. The van der Waals surface area contributed by atoms with Crippen LogP contribution in [0.4, 0.5) is 5.95 Å². The van der Waals surface area contributed by atoms with Gasteiger partial charge in [0.15, 0.2) is 11.5 Å². The Bertz CT molecular complexity index is 999. The minimum Gasteiger partial charge on any atom is -0.497 e. The number of ether oxygens (including phenoxy) is 3. The number of hydrogen-bond donors (Lipinski definition) is 1. The van der Waals surface area contributed by atoms with Gasteiger partial charge >= 0.3 is 0 Å². The van der Waals surface area contributed by atoms with Gasteiger partial charge in [-0.05, 0) is 46.3 Å². The highest BCUT2D eigenvalue weighted by Gasteiger charge is 2.25. The van der Waals surface area contributed by atoms with E-state index in [0.717, 1.165) is 22.6 Å². The topological polar surface area (TPSA) is 83.3 Å². The molecule has 1 aromatic heterocycles. The van der Waals surface area contributed by atoms with Crippen molar-refractivity contribution in [2.24, 2.45) is 0 Å². The number of rotatable bonds is 5. The lowest BCUT2D eigenvalue weighted by molar-refractivity contribution is 0.354. The summed E-state index contributed by atoms with van der Waals surface area (Å²) in [6.07, 6.45) is 2.07. The summed E-state index contributed by atoms with van der Waals surface area (Å²) in [5.41, 5.74) is 2.85. The Morgan fingerprint density at radius 2 is 1.81 bits per heavy atom. The van der Waals surface area contributed by atoms with Crippen molar-refractivity contribution in [3.8, 4) is 17.2 Å². The fraction of sp³-hybridized carbons (Fsp3) is 0.211. The van der Waals surface area contributed by atoms with E-state index in [4.69, 9.17) is 14.2 Å². The fourth-order valence-corrected chi connectivity index (χ4v) is 3.09. The van der Waals surface area contributed by atoms with E-state index in [1.807, 2.05) is 42.5 Å². The van der Waals surface area contributed by atoms with Crippen molar-refractivity contribution in [2.45, 2.75) is 6.04 Å². The van der Waals surface area contributed by atoms with Crippen LogP contribution in [0.5, 0.6) is 17.2 Å². The molecule has 0 fully saturated rings. The first-order valence-electron chi connectivity index (χ1n) is 8.36. The largest absolute Gasteiger partial charge is 0.497 e. The molecule has 0 saturated carbocycles. The lowest BCUT2D eigenvalue weighted by Gasteiger charge is -2.24. The molecule has 138 valence electrons. The van der Waals surface area contributed by atoms with Crippen molar-refractivity contribution < 1.29 is 14.2 Å². The molecule has 4 rings (SSSR count). The molecular weight excluding hydrogens is 346 g/mol. The zero-order chi connectivity index (χ0) is 18.8. The molecule has 0 spiro atoms. The maximum atomic E-state index is 5.44. The van der Waals surface area contributed by atoms with Crippen LogP contribution in [0.1, 0.15) is 17.2 Å². The normalized spacial score (nSPS) is 15.4. The first-order valence-corrected chi connectivity index (χ1v) is 8.36. The second kappa shape index (κ2) is 6.99. The predicted octanol–water partition coefficient (Wildman–Crippen LogP) is 2.75. The highest BCUT2D eigenvalue weighted by molar-refractivity contribution is 5.77. The van der Waals surface area contributed by atoms with Crippen LogP contribution in [0, 0.1) is 0 Å². The smallest absolute Gasteiger partial charge is 0.248 e. The van der Waals surface area contributed by atoms with Crippen molar-refractivity contribution in [3.05, 3.63) is 59.7 Å². The number of methoxy groups -OCH3 is 3. The number of fused-ring (bicyclic) bond motifs is 1. The molecule has 0 amide bonds. The van der Waals surface area contributed by atoms with Gasteiger partial charge in [0, 0.05) is 11.3 Å². The number of hydrogen-bond acceptors (Lipinski definition) is 7. The minimum absolute atomic E-state index is 0.197. The van der Waals surface area contributed by atoms with Crippen LogP contribution in [0.25, 0.3) is 5.70 Å². The monoisotopic (exact) mass is 365 g/mol. The third-order valence-electron chi connectivity index (χ3n) is 4.46. The first kappa shape index (κ1) is 16.9. The second-order valence-electron chi connectivity index (χ2n) is 5.94. The predicted molar refractivity (Wildman–Crippen MR) is 100 cm³/mol. The molecule has 3 aromatic rings. The molecule has 1 aliphatic heterocycles. The van der Waals surface area contributed by atoms with Gasteiger partial charge in [0.05, 0.1) is 21.3 Å². The Balaban J connectivity index is 1.80. The number of benzene rings is 2. The molecule has 1 aliphatic rings. The summed E-state index contributed by atoms with van der Waals surface area (Å²) in [6, 6.07) is 13.4. The van der Waals surface area contributed by atoms with E-state index in [9.17, 15) is 0 Å². The number of tetrazole rings is 1. The van der Waals surface area contributed by atoms with Gasteiger partial charge in [-0.25, -0.2) is 0 Å². The van der Waals surface area contributed by atoms with E-state index >= 15 is 0 Å². The van der Waals surface area contributed by atoms with Gasteiger partial charge in [-0.3, -0.25) is 0 Å². The van der Waals surface area contributed by atoms with Crippen LogP contribution in [-0.4, -0.2) is 41.5 Å². The van der Waals surface area contributed by atoms with E-state index in [1.165, 1.54) is 0 Å². The SMILES string of the molecule is COc1cccc(C2=CC(c3ccc(OC)c(OC)c3)n3nnnc3N2)c1. The van der Waals surface area contributed by atoms with Gasteiger partial charge < -0.3 is 19.5 Å². The summed E-state index contributed by atoms with van der Waals surface area (Å²) in [5, 5.41) is 15.3. The molecule has 0 aliphatic carbocycles. The highest BCUT2D eigenvalue weighted by atomic mass is 16.5. The Morgan fingerprint density at radius 3 is 2.59 bits per heavy atom. The molecule has 1 unspecified atom stereocenters. The maximum absolute atomic E-state index is 5.44. The molecule has 0 saturated heterocycles. The van der Waals surface area contributed by atoms with Crippen LogP contribution >= 0.6 is 0 Å². The van der Waals surface area contributed by atoms with Gasteiger partial charge in [0.2, 0.25) is 5.95 Å². The van der Waals surface area contributed by atoms with Gasteiger partial charge in [-0.15, -0.1) is 0 Å². The molecular formula is C19H19N5O3. The van der Waals surface area contributed by atoms with Crippen LogP contribution in [0.2, 0.25) is 0 Å². The Morgan fingerprint density at radius 1 is 0.963 bits per heavy atom. The quantitative estimate of drug-likeness (QED) is 0.744. The summed E-state index contributed by atoms with van der Waals surface area (Å²) in [6.45, 7) is 0. The van der Waals surface area contributed by atoms with Crippen molar-refractivity contribution >= 4 is 11.6 Å². The molecule has 1 N–H and O–H groups in total. The molecule has 2 heterocycles. The van der Waals surface area contributed by atoms with Crippen LogP contribution in [0.15, 0.2) is 48.5 Å². The van der Waals surface area contributed by atoms with E-state index in [1.54, 1.807) is 26.0 Å². The lowest BCUT2D eigenvalue weighted by atomic mass is 10.0. The van der Waals surface area contributed by atoms with E-state index in [0.29, 0.717) is 17.4 Å². The number of allylic oxidation sites excluding steroid dienone is 1. The summed E-state index contributed by atoms with van der Waals surface area (Å²) < 4.78 is 17.8. The maximum Gasteiger partial charge on any atom is 0.248 e. The molecule has 1 atom stereocenters. The summed E-state index contributed by atoms with van der Waals surface area (Å²) in [7, 11) is 4.88. The van der Waals surface area contributed by atoms with Crippen LogP contribution < -0.4 is 19.5 Å². The first-order chi connectivity index (χ1) is 13.2. The lowest BCUT2D eigenvalue weighted by Crippen LogP contribution is -2.20. The highest BCUT2D eigenvalue weighted by Crippen LogP contribution is 2.36. The average Bonchev–Trinajstić information content (AvgIpc) is 3.21. The average molecular weight is 365 g/mol. The summed E-state index contributed by atoms with van der Waals surface area (Å²) >= 11 is 0. The number of aromatic nitrogens is 4. The minimum atomic E-state index is -0.197. The van der Waals surface area contributed by atoms with Crippen molar-refractivity contribution in [2.75, 3.05) is 26.6 Å². The molecule has 0 bridgehead atoms. The number of nitrogens with one attached hydrogen (secondary N) is 1. The Labute approximate surface area is 156 Å². The van der Waals surface area contributed by atoms with Crippen molar-refractivity contribution in [1.82, 2.24) is 20.2 Å². The fourth-order valence-electron chi connectivity index (χ4n) is 3.09. The molecule has 8 nitrogen and oxygen atoms in total. The third kappa shape index (κ3) is 3.05. The van der Waals surface area contributed by atoms with E-state index in [2.05, 4.69) is 26.9 Å². The van der Waals surface area contributed by atoms with Crippen LogP contribution in [0.3, 0.4) is 0 Å².